The number of carbonyl (C=O) groups excluding carboxylic acids is 1. The van der Waals surface area contributed by atoms with E-state index < -0.39 is 0 Å². The van der Waals surface area contributed by atoms with Crippen LogP contribution in [0.1, 0.15) is 9.67 Å². The number of hydrogen-bond donors (Lipinski definition) is 2. The molecular weight excluding hydrogens is 304 g/mol. The minimum Gasteiger partial charge on any atom is -0.304 e. The molecule has 3 aromatic heterocycles. The normalized spacial score (nSPS) is 10.5. The molecule has 0 aliphatic heterocycles. The van der Waals surface area contributed by atoms with Crippen LogP contribution in [-0.2, 0) is 0 Å². The van der Waals surface area contributed by atoms with E-state index in [1.54, 1.807) is 30.2 Å². The SMILES string of the molecule is CSc1ccsc1C(=O)Nc1cc(-c2ccncc2)[nH]n1. The van der Waals surface area contributed by atoms with Gasteiger partial charge in [-0.25, -0.2) is 0 Å². The predicted molar refractivity (Wildman–Crippen MR) is 85.9 cm³/mol. The molecule has 0 saturated heterocycles. The molecule has 106 valence electrons. The van der Waals surface area contributed by atoms with Crippen LogP contribution < -0.4 is 5.32 Å². The molecule has 0 aromatic carbocycles. The number of aromatic nitrogens is 3. The fourth-order valence-electron chi connectivity index (χ4n) is 1.86. The zero-order valence-corrected chi connectivity index (χ0v) is 12.8. The molecule has 2 N–H and O–H groups in total. The first-order valence-electron chi connectivity index (χ1n) is 6.16. The van der Waals surface area contributed by atoms with Crippen molar-refractivity contribution in [1.29, 1.82) is 0 Å². The number of nitrogens with zero attached hydrogens (tertiary/aromatic N) is 2. The topological polar surface area (TPSA) is 70.7 Å². The van der Waals surface area contributed by atoms with Gasteiger partial charge in [-0.3, -0.25) is 14.9 Å². The number of thioether (sulfide) groups is 1. The van der Waals surface area contributed by atoms with Gasteiger partial charge < -0.3 is 5.32 Å². The summed E-state index contributed by atoms with van der Waals surface area (Å²) in [5.41, 5.74) is 1.81. The molecule has 3 aromatic rings. The number of amides is 1. The minimum atomic E-state index is -0.137. The van der Waals surface area contributed by atoms with E-state index in [-0.39, 0.29) is 5.91 Å². The Morgan fingerprint density at radius 3 is 2.90 bits per heavy atom. The summed E-state index contributed by atoms with van der Waals surface area (Å²) < 4.78 is 0. The van der Waals surface area contributed by atoms with E-state index >= 15 is 0 Å². The lowest BCUT2D eigenvalue weighted by Gasteiger charge is -2.01. The second kappa shape index (κ2) is 6.11. The molecule has 3 heterocycles. The van der Waals surface area contributed by atoms with Crippen molar-refractivity contribution < 1.29 is 4.79 Å². The number of carbonyl (C=O) groups is 1. The maximum Gasteiger partial charge on any atom is 0.268 e. The van der Waals surface area contributed by atoms with Crippen molar-refractivity contribution in [3.8, 4) is 11.3 Å². The summed E-state index contributed by atoms with van der Waals surface area (Å²) in [6.07, 6.45) is 5.38. The van der Waals surface area contributed by atoms with Crippen LogP contribution in [0.5, 0.6) is 0 Å². The molecule has 3 rings (SSSR count). The van der Waals surface area contributed by atoms with Crippen molar-refractivity contribution in [3.05, 3.63) is 46.9 Å². The van der Waals surface area contributed by atoms with E-state index in [2.05, 4.69) is 20.5 Å². The van der Waals surface area contributed by atoms with Gasteiger partial charge >= 0.3 is 0 Å². The second-order valence-electron chi connectivity index (χ2n) is 4.17. The quantitative estimate of drug-likeness (QED) is 0.723. The van der Waals surface area contributed by atoms with Crippen molar-refractivity contribution >= 4 is 34.8 Å². The van der Waals surface area contributed by atoms with Crippen LogP contribution in [-0.4, -0.2) is 27.3 Å². The number of pyridine rings is 1. The van der Waals surface area contributed by atoms with Crippen molar-refractivity contribution in [1.82, 2.24) is 15.2 Å². The number of anilines is 1. The Kier molecular flexibility index (Phi) is 4.03. The summed E-state index contributed by atoms with van der Waals surface area (Å²) in [6, 6.07) is 7.51. The summed E-state index contributed by atoms with van der Waals surface area (Å²) in [5, 5.41) is 11.7. The van der Waals surface area contributed by atoms with Crippen molar-refractivity contribution in [2.24, 2.45) is 0 Å². The lowest BCUT2D eigenvalue weighted by molar-refractivity contribution is 0.102. The van der Waals surface area contributed by atoms with E-state index in [0.717, 1.165) is 16.2 Å². The fourth-order valence-corrected chi connectivity index (χ4v) is 3.51. The fraction of sp³-hybridized carbons (Fsp3) is 0.0714. The van der Waals surface area contributed by atoms with Gasteiger partial charge in [-0.05, 0) is 29.8 Å². The maximum atomic E-state index is 12.2. The van der Waals surface area contributed by atoms with Gasteiger partial charge in [-0.1, -0.05) is 0 Å². The van der Waals surface area contributed by atoms with Crippen LogP contribution in [0.2, 0.25) is 0 Å². The van der Waals surface area contributed by atoms with Crippen LogP contribution >= 0.6 is 23.1 Å². The van der Waals surface area contributed by atoms with E-state index in [9.17, 15) is 4.79 Å². The molecule has 1 amide bonds. The Balaban J connectivity index is 1.77. The van der Waals surface area contributed by atoms with E-state index in [0.29, 0.717) is 10.7 Å². The Bertz CT molecular complexity index is 751. The third-order valence-electron chi connectivity index (χ3n) is 2.87. The van der Waals surface area contributed by atoms with Gasteiger partial charge in [0, 0.05) is 28.9 Å². The van der Waals surface area contributed by atoms with Gasteiger partial charge in [-0.2, -0.15) is 5.10 Å². The monoisotopic (exact) mass is 316 g/mol. The molecule has 0 fully saturated rings. The molecule has 0 spiro atoms. The summed E-state index contributed by atoms with van der Waals surface area (Å²) >= 11 is 2.98. The second-order valence-corrected chi connectivity index (χ2v) is 5.94. The summed E-state index contributed by atoms with van der Waals surface area (Å²) in [4.78, 5) is 17.9. The van der Waals surface area contributed by atoms with Crippen molar-refractivity contribution in [2.75, 3.05) is 11.6 Å². The number of hydrogen-bond acceptors (Lipinski definition) is 5. The number of H-pyrrole nitrogens is 1. The molecule has 7 heteroatoms. The Morgan fingerprint density at radius 2 is 2.14 bits per heavy atom. The first-order valence-corrected chi connectivity index (χ1v) is 8.27. The Hall–Kier alpha value is -2.12. The Morgan fingerprint density at radius 1 is 1.33 bits per heavy atom. The predicted octanol–water partition coefficient (Wildman–Crippen LogP) is 3.51. The van der Waals surface area contributed by atoms with Crippen LogP contribution in [0, 0.1) is 0 Å². The number of nitrogens with one attached hydrogen (secondary N) is 2. The summed E-state index contributed by atoms with van der Waals surface area (Å²) in [5.74, 6) is 0.370. The molecule has 0 saturated carbocycles. The van der Waals surface area contributed by atoms with Crippen LogP contribution in [0.25, 0.3) is 11.3 Å². The zero-order chi connectivity index (χ0) is 14.7. The van der Waals surface area contributed by atoms with Crippen LogP contribution in [0.3, 0.4) is 0 Å². The maximum absolute atomic E-state index is 12.2. The first-order chi connectivity index (χ1) is 10.3. The van der Waals surface area contributed by atoms with E-state index in [1.807, 2.05) is 29.8 Å². The van der Waals surface area contributed by atoms with Crippen molar-refractivity contribution in [3.63, 3.8) is 0 Å². The third kappa shape index (κ3) is 2.98. The molecule has 21 heavy (non-hydrogen) atoms. The summed E-state index contributed by atoms with van der Waals surface area (Å²) in [7, 11) is 0. The van der Waals surface area contributed by atoms with Gasteiger partial charge in [0.2, 0.25) is 0 Å². The highest BCUT2D eigenvalue weighted by atomic mass is 32.2. The van der Waals surface area contributed by atoms with Gasteiger partial charge in [0.15, 0.2) is 5.82 Å². The average Bonchev–Trinajstić information content (AvgIpc) is 3.16. The molecule has 5 nitrogen and oxygen atoms in total. The van der Waals surface area contributed by atoms with Crippen LogP contribution in [0.15, 0.2) is 46.9 Å². The molecule has 0 radical (unpaired) electrons. The van der Waals surface area contributed by atoms with Gasteiger partial charge in [0.1, 0.15) is 4.88 Å². The zero-order valence-electron chi connectivity index (χ0n) is 11.2. The smallest absolute Gasteiger partial charge is 0.268 e. The largest absolute Gasteiger partial charge is 0.304 e. The van der Waals surface area contributed by atoms with Gasteiger partial charge in [-0.15, -0.1) is 23.1 Å². The minimum absolute atomic E-state index is 0.137. The van der Waals surface area contributed by atoms with Gasteiger partial charge in [0.05, 0.1) is 5.69 Å². The standard InChI is InChI=1S/C14H12N4OS2/c1-20-11-4-7-21-13(11)14(19)16-12-8-10(17-18-12)9-2-5-15-6-3-9/h2-8H,1H3,(H2,16,17,18,19). The number of thiophene rings is 1. The molecule has 0 aliphatic rings. The molecular formula is C14H12N4OS2. The van der Waals surface area contributed by atoms with Gasteiger partial charge in [0.25, 0.3) is 5.91 Å². The highest BCUT2D eigenvalue weighted by molar-refractivity contribution is 7.98. The molecule has 0 atom stereocenters. The number of rotatable bonds is 4. The number of aromatic amines is 1. The van der Waals surface area contributed by atoms with Crippen LogP contribution in [0.4, 0.5) is 5.82 Å². The van der Waals surface area contributed by atoms with E-state index in [4.69, 9.17) is 0 Å². The molecule has 0 unspecified atom stereocenters. The first kappa shape index (κ1) is 13.8. The summed E-state index contributed by atoms with van der Waals surface area (Å²) in [6.45, 7) is 0. The van der Waals surface area contributed by atoms with E-state index in [1.165, 1.54) is 11.3 Å². The lowest BCUT2D eigenvalue weighted by Crippen LogP contribution is -2.11. The third-order valence-corrected chi connectivity index (χ3v) is 4.69. The lowest BCUT2D eigenvalue weighted by atomic mass is 10.2. The average molecular weight is 316 g/mol. The molecule has 0 bridgehead atoms. The highest BCUT2D eigenvalue weighted by Gasteiger charge is 2.14. The van der Waals surface area contributed by atoms with Crippen molar-refractivity contribution in [2.45, 2.75) is 4.90 Å². The highest BCUT2D eigenvalue weighted by Crippen LogP contribution is 2.26. The Labute approximate surface area is 129 Å². The molecule has 0 aliphatic carbocycles.